The molecule has 5 nitrogen and oxygen atoms in total. The monoisotopic (exact) mass is 238 g/mol. The normalized spacial score (nSPS) is 20.9. The highest BCUT2D eigenvalue weighted by Gasteiger charge is 2.34. The van der Waals surface area contributed by atoms with Crippen molar-refractivity contribution in [1.29, 1.82) is 0 Å². The zero-order chi connectivity index (χ0) is 12.6. The Balaban J connectivity index is 2.23. The van der Waals surface area contributed by atoms with Crippen LogP contribution in [0.3, 0.4) is 0 Å². The Morgan fingerprint density at radius 2 is 2.29 bits per heavy atom. The lowest BCUT2D eigenvalue weighted by molar-refractivity contribution is 0.133. The Kier molecular flexibility index (Phi) is 2.85. The van der Waals surface area contributed by atoms with Gasteiger partial charge in [-0.2, -0.15) is 0 Å². The van der Waals surface area contributed by atoms with Crippen molar-refractivity contribution in [2.75, 3.05) is 6.54 Å². The van der Waals surface area contributed by atoms with Crippen LogP contribution in [-0.2, 0) is 5.41 Å². The van der Waals surface area contributed by atoms with Crippen molar-refractivity contribution in [3.8, 4) is 0 Å². The van der Waals surface area contributed by atoms with E-state index < -0.39 is 6.09 Å². The van der Waals surface area contributed by atoms with E-state index in [0.29, 0.717) is 12.4 Å². The SMILES string of the molecule is CC(C)(C)c1cnc(C2CCCN2C(=O)O)o1. The first-order valence-electron chi connectivity index (χ1n) is 5.85. The zero-order valence-corrected chi connectivity index (χ0v) is 10.4. The molecule has 1 fully saturated rings. The number of hydrogen-bond acceptors (Lipinski definition) is 3. The number of carboxylic acid groups (broad SMARTS) is 1. The van der Waals surface area contributed by atoms with Gasteiger partial charge >= 0.3 is 6.09 Å². The lowest BCUT2D eigenvalue weighted by atomic mass is 9.94. The molecule has 1 aromatic rings. The molecular formula is C12H18N2O3. The number of carbonyl (C=O) groups is 1. The van der Waals surface area contributed by atoms with Gasteiger partial charge in [0.05, 0.1) is 6.20 Å². The molecule has 1 atom stereocenters. The molecule has 1 amide bonds. The zero-order valence-electron chi connectivity index (χ0n) is 10.4. The summed E-state index contributed by atoms with van der Waals surface area (Å²) < 4.78 is 5.70. The first-order valence-corrected chi connectivity index (χ1v) is 5.85. The maximum Gasteiger partial charge on any atom is 0.407 e. The van der Waals surface area contributed by atoms with E-state index in [-0.39, 0.29) is 11.5 Å². The molecule has 1 saturated heterocycles. The van der Waals surface area contributed by atoms with Gasteiger partial charge in [0.1, 0.15) is 11.8 Å². The van der Waals surface area contributed by atoms with E-state index in [4.69, 9.17) is 9.52 Å². The molecule has 1 aromatic heterocycles. The van der Waals surface area contributed by atoms with Crippen LogP contribution in [0.4, 0.5) is 4.79 Å². The van der Waals surface area contributed by atoms with Crippen molar-refractivity contribution in [1.82, 2.24) is 9.88 Å². The van der Waals surface area contributed by atoms with E-state index in [1.165, 1.54) is 4.90 Å². The van der Waals surface area contributed by atoms with E-state index in [1.807, 2.05) is 20.8 Å². The second kappa shape index (κ2) is 4.05. The number of amides is 1. The van der Waals surface area contributed by atoms with Crippen LogP contribution in [0.15, 0.2) is 10.6 Å². The molecule has 94 valence electrons. The minimum Gasteiger partial charge on any atom is -0.465 e. The largest absolute Gasteiger partial charge is 0.465 e. The smallest absolute Gasteiger partial charge is 0.407 e. The van der Waals surface area contributed by atoms with Gasteiger partial charge in [0.25, 0.3) is 0 Å². The summed E-state index contributed by atoms with van der Waals surface area (Å²) in [4.78, 5) is 16.7. The predicted octanol–water partition coefficient (Wildman–Crippen LogP) is 2.79. The Bertz CT molecular complexity index is 420. The summed E-state index contributed by atoms with van der Waals surface area (Å²) in [6, 6.07) is -0.219. The fourth-order valence-corrected chi connectivity index (χ4v) is 2.04. The van der Waals surface area contributed by atoms with Gasteiger partial charge in [-0.05, 0) is 12.8 Å². The molecule has 0 bridgehead atoms. The van der Waals surface area contributed by atoms with Crippen LogP contribution in [0.2, 0.25) is 0 Å². The van der Waals surface area contributed by atoms with Crippen molar-refractivity contribution in [3.05, 3.63) is 17.8 Å². The lowest BCUT2D eigenvalue weighted by Crippen LogP contribution is -2.28. The van der Waals surface area contributed by atoms with Gasteiger partial charge in [0.2, 0.25) is 5.89 Å². The standard InChI is InChI=1S/C12H18N2O3/c1-12(2,3)9-7-13-10(17-9)8-5-4-6-14(8)11(15)16/h7-8H,4-6H2,1-3H3,(H,15,16). The summed E-state index contributed by atoms with van der Waals surface area (Å²) in [7, 11) is 0. The van der Waals surface area contributed by atoms with Crippen LogP contribution in [0.25, 0.3) is 0 Å². The molecule has 2 rings (SSSR count). The summed E-state index contributed by atoms with van der Waals surface area (Å²) >= 11 is 0. The van der Waals surface area contributed by atoms with Gasteiger partial charge in [-0.25, -0.2) is 9.78 Å². The molecule has 1 aliphatic rings. The van der Waals surface area contributed by atoms with Crippen LogP contribution in [0, 0.1) is 0 Å². The third-order valence-electron chi connectivity index (χ3n) is 3.05. The minimum absolute atomic E-state index is 0.0993. The average molecular weight is 238 g/mol. The molecule has 1 aliphatic heterocycles. The van der Waals surface area contributed by atoms with Gasteiger partial charge in [-0.1, -0.05) is 20.8 Å². The molecule has 0 aliphatic carbocycles. The highest BCUT2D eigenvalue weighted by molar-refractivity contribution is 5.65. The first-order chi connectivity index (χ1) is 7.89. The van der Waals surface area contributed by atoms with E-state index in [1.54, 1.807) is 6.20 Å². The third kappa shape index (κ3) is 2.28. The molecule has 0 aromatic carbocycles. The minimum atomic E-state index is -0.900. The van der Waals surface area contributed by atoms with E-state index in [0.717, 1.165) is 18.6 Å². The molecule has 0 spiro atoms. The average Bonchev–Trinajstić information content (AvgIpc) is 2.85. The summed E-state index contributed by atoms with van der Waals surface area (Å²) in [5, 5.41) is 9.07. The number of nitrogens with zero attached hydrogens (tertiary/aromatic N) is 2. The highest BCUT2D eigenvalue weighted by Crippen LogP contribution is 2.33. The number of oxazole rings is 1. The van der Waals surface area contributed by atoms with E-state index in [9.17, 15) is 4.79 Å². The number of hydrogen-bond donors (Lipinski definition) is 1. The lowest BCUT2D eigenvalue weighted by Gasteiger charge is -2.19. The van der Waals surface area contributed by atoms with Crippen molar-refractivity contribution < 1.29 is 14.3 Å². The molecule has 17 heavy (non-hydrogen) atoms. The van der Waals surface area contributed by atoms with Crippen LogP contribution in [-0.4, -0.2) is 27.6 Å². The Labute approximate surface area is 100 Å². The maximum absolute atomic E-state index is 11.0. The molecule has 1 N–H and O–H groups in total. The molecular weight excluding hydrogens is 220 g/mol. The highest BCUT2D eigenvalue weighted by atomic mass is 16.4. The fourth-order valence-electron chi connectivity index (χ4n) is 2.04. The Morgan fingerprint density at radius 1 is 1.59 bits per heavy atom. The van der Waals surface area contributed by atoms with Gasteiger partial charge in [-0.15, -0.1) is 0 Å². The number of likely N-dealkylation sites (tertiary alicyclic amines) is 1. The number of aromatic nitrogens is 1. The van der Waals surface area contributed by atoms with Crippen LogP contribution >= 0.6 is 0 Å². The van der Waals surface area contributed by atoms with Crippen LogP contribution in [0.5, 0.6) is 0 Å². The van der Waals surface area contributed by atoms with Crippen molar-refractivity contribution in [3.63, 3.8) is 0 Å². The second-order valence-corrected chi connectivity index (χ2v) is 5.45. The van der Waals surface area contributed by atoms with Crippen molar-refractivity contribution >= 4 is 6.09 Å². The quantitative estimate of drug-likeness (QED) is 0.817. The van der Waals surface area contributed by atoms with Crippen LogP contribution in [0.1, 0.15) is 51.3 Å². The van der Waals surface area contributed by atoms with E-state index >= 15 is 0 Å². The van der Waals surface area contributed by atoms with Crippen molar-refractivity contribution in [2.45, 2.75) is 45.1 Å². The molecule has 0 radical (unpaired) electrons. The summed E-state index contributed by atoms with van der Waals surface area (Å²) in [6.07, 6.45) is 2.46. The van der Waals surface area contributed by atoms with Gasteiger partial charge in [0, 0.05) is 12.0 Å². The predicted molar refractivity (Wildman–Crippen MR) is 61.9 cm³/mol. The van der Waals surface area contributed by atoms with Crippen LogP contribution < -0.4 is 0 Å². The van der Waals surface area contributed by atoms with Gasteiger partial charge in [0.15, 0.2) is 0 Å². The summed E-state index contributed by atoms with van der Waals surface area (Å²) in [6.45, 7) is 6.69. The summed E-state index contributed by atoms with van der Waals surface area (Å²) in [5.41, 5.74) is -0.0993. The number of rotatable bonds is 1. The van der Waals surface area contributed by atoms with E-state index in [2.05, 4.69) is 4.98 Å². The molecule has 1 unspecified atom stereocenters. The third-order valence-corrected chi connectivity index (χ3v) is 3.05. The van der Waals surface area contributed by atoms with Gasteiger partial charge < -0.3 is 9.52 Å². The maximum atomic E-state index is 11.0. The first kappa shape index (κ1) is 12.0. The summed E-state index contributed by atoms with van der Waals surface area (Å²) in [5.74, 6) is 1.32. The Morgan fingerprint density at radius 3 is 2.82 bits per heavy atom. The Hall–Kier alpha value is -1.52. The second-order valence-electron chi connectivity index (χ2n) is 5.45. The van der Waals surface area contributed by atoms with Gasteiger partial charge in [-0.3, -0.25) is 4.90 Å². The van der Waals surface area contributed by atoms with Crippen molar-refractivity contribution in [2.24, 2.45) is 0 Å². The molecule has 0 saturated carbocycles. The topological polar surface area (TPSA) is 66.6 Å². The molecule has 2 heterocycles. The molecule has 5 heteroatoms. The fraction of sp³-hybridized carbons (Fsp3) is 0.667.